The van der Waals surface area contributed by atoms with Gasteiger partial charge in [0.25, 0.3) is 5.92 Å². The van der Waals surface area contributed by atoms with Crippen molar-refractivity contribution in [3.05, 3.63) is 0 Å². The maximum Gasteiger partial charge on any atom is 0.254 e. The Morgan fingerprint density at radius 2 is 1.73 bits per heavy atom. The highest BCUT2D eigenvalue weighted by Gasteiger charge is 2.79. The van der Waals surface area contributed by atoms with Crippen LogP contribution >= 0.6 is 0 Å². The van der Waals surface area contributed by atoms with Gasteiger partial charge < -0.3 is 9.47 Å². The summed E-state index contributed by atoms with van der Waals surface area (Å²) in [5, 5.41) is 0. The zero-order valence-corrected chi connectivity index (χ0v) is 8.42. The van der Waals surface area contributed by atoms with E-state index in [9.17, 15) is 8.78 Å². The highest BCUT2D eigenvalue weighted by molar-refractivity contribution is 5.19. The second-order valence-corrected chi connectivity index (χ2v) is 5.34. The first-order chi connectivity index (χ1) is 7.16. The van der Waals surface area contributed by atoms with Crippen molar-refractivity contribution < 1.29 is 18.3 Å². The van der Waals surface area contributed by atoms with Crippen molar-refractivity contribution in [2.45, 2.75) is 31.0 Å². The molecule has 84 valence electrons. The van der Waals surface area contributed by atoms with Crippen molar-refractivity contribution in [2.75, 3.05) is 13.2 Å². The van der Waals surface area contributed by atoms with E-state index in [2.05, 4.69) is 0 Å². The van der Waals surface area contributed by atoms with E-state index in [1.54, 1.807) is 0 Å². The molecular weight excluding hydrogens is 202 g/mol. The fraction of sp³-hybridized carbons (Fsp3) is 1.00. The lowest BCUT2D eigenvalue weighted by Crippen LogP contribution is -2.65. The van der Waals surface area contributed by atoms with Crippen LogP contribution in [-0.4, -0.2) is 24.9 Å². The van der Waals surface area contributed by atoms with Gasteiger partial charge in [0.15, 0.2) is 5.79 Å². The van der Waals surface area contributed by atoms with Gasteiger partial charge in [-0.2, -0.15) is 0 Å². The Hall–Kier alpha value is -0.220. The monoisotopic (exact) mass is 216 g/mol. The minimum atomic E-state index is -2.45. The Kier molecular flexibility index (Phi) is 1.41. The standard InChI is InChI=1S/C11H14F2O2/c12-10(13)6-1-2-7-9(10)8(5-6)11(7)14-3-4-15-11/h6-9H,1-5H2/t6-,7-,8+,9+/m0/s1. The van der Waals surface area contributed by atoms with E-state index in [0.29, 0.717) is 26.1 Å². The van der Waals surface area contributed by atoms with Crippen molar-refractivity contribution in [3.63, 3.8) is 0 Å². The third kappa shape index (κ3) is 0.772. The minimum absolute atomic E-state index is 0.0347. The second-order valence-electron chi connectivity index (χ2n) is 5.34. The van der Waals surface area contributed by atoms with E-state index < -0.39 is 23.5 Å². The molecule has 0 aromatic rings. The van der Waals surface area contributed by atoms with Crippen LogP contribution in [0.2, 0.25) is 0 Å². The maximum absolute atomic E-state index is 13.9. The van der Waals surface area contributed by atoms with Crippen LogP contribution in [0.25, 0.3) is 0 Å². The molecule has 1 spiro atoms. The Balaban J connectivity index is 1.76. The van der Waals surface area contributed by atoms with Gasteiger partial charge in [-0.15, -0.1) is 0 Å². The normalized spacial score (nSPS) is 53.2. The molecule has 4 rings (SSSR count). The number of rotatable bonds is 0. The topological polar surface area (TPSA) is 18.5 Å². The van der Waals surface area contributed by atoms with Crippen LogP contribution in [0.15, 0.2) is 0 Å². The summed E-state index contributed by atoms with van der Waals surface area (Å²) in [4.78, 5) is 0. The second kappa shape index (κ2) is 2.38. The summed E-state index contributed by atoms with van der Waals surface area (Å²) >= 11 is 0. The first-order valence-electron chi connectivity index (χ1n) is 5.82. The third-order valence-corrected chi connectivity index (χ3v) is 4.99. The molecule has 0 radical (unpaired) electrons. The van der Waals surface area contributed by atoms with Crippen LogP contribution in [0.5, 0.6) is 0 Å². The molecule has 1 saturated heterocycles. The predicted molar refractivity (Wildman–Crippen MR) is 47.4 cm³/mol. The van der Waals surface area contributed by atoms with E-state index in [1.807, 2.05) is 0 Å². The average Bonchev–Trinajstić information content (AvgIpc) is 2.62. The molecule has 0 aromatic heterocycles. The van der Waals surface area contributed by atoms with E-state index >= 15 is 0 Å². The summed E-state index contributed by atoms with van der Waals surface area (Å²) in [7, 11) is 0. The van der Waals surface area contributed by atoms with Crippen LogP contribution in [0.4, 0.5) is 8.78 Å². The van der Waals surface area contributed by atoms with Crippen molar-refractivity contribution >= 4 is 0 Å². The molecule has 1 aliphatic heterocycles. The number of ether oxygens (including phenoxy) is 2. The largest absolute Gasteiger partial charge is 0.347 e. The molecule has 2 bridgehead atoms. The molecule has 4 aliphatic rings. The van der Waals surface area contributed by atoms with Crippen molar-refractivity contribution in [1.82, 2.24) is 0 Å². The molecule has 4 atom stereocenters. The molecule has 1 heterocycles. The van der Waals surface area contributed by atoms with Crippen LogP contribution in [0.3, 0.4) is 0 Å². The van der Waals surface area contributed by atoms with Gasteiger partial charge in [0.05, 0.1) is 13.2 Å². The molecule has 3 aliphatic carbocycles. The zero-order valence-electron chi connectivity index (χ0n) is 8.42. The molecule has 0 amide bonds. The van der Waals surface area contributed by atoms with Gasteiger partial charge in [0.2, 0.25) is 0 Å². The van der Waals surface area contributed by atoms with Crippen molar-refractivity contribution in [1.29, 1.82) is 0 Å². The Morgan fingerprint density at radius 1 is 1.00 bits per heavy atom. The molecule has 4 heteroatoms. The summed E-state index contributed by atoms with van der Waals surface area (Å²) < 4.78 is 39.0. The fourth-order valence-corrected chi connectivity index (χ4v) is 4.46. The molecule has 0 N–H and O–H groups in total. The van der Waals surface area contributed by atoms with Crippen LogP contribution in [0.1, 0.15) is 19.3 Å². The SMILES string of the molecule is FC1(F)[C@H]2CC[C@H]3[C@@H]1[C@@H](C2)C31OCCO1. The molecule has 0 unspecified atom stereocenters. The van der Waals surface area contributed by atoms with E-state index in [-0.39, 0.29) is 11.8 Å². The van der Waals surface area contributed by atoms with Crippen LogP contribution in [-0.2, 0) is 9.47 Å². The number of alkyl halides is 2. The van der Waals surface area contributed by atoms with Gasteiger partial charge in [0.1, 0.15) is 0 Å². The van der Waals surface area contributed by atoms with Crippen LogP contribution < -0.4 is 0 Å². The maximum atomic E-state index is 13.9. The highest BCUT2D eigenvalue weighted by atomic mass is 19.3. The predicted octanol–water partition coefficient (Wildman–Crippen LogP) is 2.04. The summed E-state index contributed by atoms with van der Waals surface area (Å²) in [5.41, 5.74) is 0. The van der Waals surface area contributed by atoms with Gasteiger partial charge in [-0.1, -0.05) is 0 Å². The molecular formula is C11H14F2O2. The molecule has 2 nitrogen and oxygen atoms in total. The first-order valence-corrected chi connectivity index (χ1v) is 5.82. The first kappa shape index (κ1) is 8.88. The van der Waals surface area contributed by atoms with Gasteiger partial charge in [-0.05, 0) is 19.3 Å². The third-order valence-electron chi connectivity index (χ3n) is 4.99. The number of hydrogen-bond acceptors (Lipinski definition) is 2. The smallest absolute Gasteiger partial charge is 0.254 e. The lowest BCUT2D eigenvalue weighted by molar-refractivity contribution is -0.343. The molecule has 0 aromatic carbocycles. The van der Waals surface area contributed by atoms with Gasteiger partial charge in [0, 0.05) is 23.7 Å². The number of fused-ring (bicyclic) bond motifs is 3. The number of halogens is 2. The quantitative estimate of drug-likeness (QED) is 0.617. The lowest BCUT2D eigenvalue weighted by Gasteiger charge is -2.57. The molecule has 4 fully saturated rings. The van der Waals surface area contributed by atoms with Gasteiger partial charge in [-0.3, -0.25) is 0 Å². The summed E-state index contributed by atoms with van der Waals surface area (Å²) in [6.07, 6.45) is 2.12. The van der Waals surface area contributed by atoms with E-state index in [1.165, 1.54) is 0 Å². The van der Waals surface area contributed by atoms with Gasteiger partial charge in [-0.25, -0.2) is 8.78 Å². The summed E-state index contributed by atoms with van der Waals surface area (Å²) in [5.74, 6) is -3.98. The van der Waals surface area contributed by atoms with Crippen LogP contribution in [0, 0.1) is 23.7 Å². The number of hydrogen-bond donors (Lipinski definition) is 0. The fourth-order valence-electron chi connectivity index (χ4n) is 4.46. The zero-order chi connectivity index (χ0) is 10.3. The van der Waals surface area contributed by atoms with E-state index in [0.717, 1.165) is 6.42 Å². The lowest BCUT2D eigenvalue weighted by atomic mass is 9.57. The Bertz CT molecular complexity index is 304. The van der Waals surface area contributed by atoms with Gasteiger partial charge >= 0.3 is 0 Å². The Morgan fingerprint density at radius 3 is 2.47 bits per heavy atom. The summed E-state index contributed by atoms with van der Waals surface area (Å²) in [6, 6.07) is 0. The van der Waals surface area contributed by atoms with Crippen molar-refractivity contribution in [2.24, 2.45) is 23.7 Å². The summed E-state index contributed by atoms with van der Waals surface area (Å²) in [6.45, 7) is 1.16. The van der Waals surface area contributed by atoms with E-state index in [4.69, 9.17) is 9.47 Å². The molecule has 3 saturated carbocycles. The Labute approximate surface area is 86.9 Å². The average molecular weight is 216 g/mol. The highest BCUT2D eigenvalue weighted by Crippen LogP contribution is 2.72. The van der Waals surface area contributed by atoms with Crippen molar-refractivity contribution in [3.8, 4) is 0 Å². The minimum Gasteiger partial charge on any atom is -0.347 e. The molecule has 15 heavy (non-hydrogen) atoms.